The second kappa shape index (κ2) is 5.99. The summed E-state index contributed by atoms with van der Waals surface area (Å²) in [4.78, 5) is 14.1. The minimum absolute atomic E-state index is 0.268. The molecule has 3 nitrogen and oxygen atoms in total. The smallest absolute Gasteiger partial charge is 0.267 e. The van der Waals surface area contributed by atoms with Gasteiger partial charge < -0.3 is 0 Å². The van der Waals surface area contributed by atoms with E-state index in [1.807, 2.05) is 26.0 Å². The van der Waals surface area contributed by atoms with E-state index in [1.165, 1.54) is 4.88 Å². The van der Waals surface area contributed by atoms with Gasteiger partial charge in [0.15, 0.2) is 0 Å². The van der Waals surface area contributed by atoms with Crippen LogP contribution in [0, 0.1) is 6.92 Å². The van der Waals surface area contributed by atoms with E-state index in [2.05, 4.69) is 10.5 Å². The highest BCUT2D eigenvalue weighted by Crippen LogP contribution is 2.15. The van der Waals surface area contributed by atoms with Crippen LogP contribution in [0.25, 0.3) is 0 Å². The van der Waals surface area contributed by atoms with Crippen molar-refractivity contribution in [1.29, 1.82) is 0 Å². The molecule has 1 heterocycles. The van der Waals surface area contributed by atoms with Crippen LogP contribution in [-0.2, 0) is 0 Å². The van der Waals surface area contributed by atoms with Crippen molar-refractivity contribution in [3.8, 4) is 0 Å². The van der Waals surface area contributed by atoms with Gasteiger partial charge in [0.2, 0.25) is 0 Å². The molecule has 2 aromatic rings. The van der Waals surface area contributed by atoms with Crippen molar-refractivity contribution in [3.05, 3.63) is 56.7 Å². The molecule has 0 saturated carbocycles. The monoisotopic (exact) mass is 292 g/mol. The van der Waals surface area contributed by atoms with Crippen LogP contribution in [0.3, 0.4) is 0 Å². The van der Waals surface area contributed by atoms with Gasteiger partial charge >= 0.3 is 0 Å². The molecule has 1 amide bonds. The molecule has 0 aliphatic heterocycles. The number of thiophene rings is 1. The van der Waals surface area contributed by atoms with Gasteiger partial charge in [0, 0.05) is 15.5 Å². The number of aryl methyl sites for hydroxylation is 1. The zero-order valence-electron chi connectivity index (χ0n) is 10.6. The second-order valence-corrected chi connectivity index (χ2v) is 5.78. The van der Waals surface area contributed by atoms with Crippen molar-refractivity contribution in [2.45, 2.75) is 13.8 Å². The summed E-state index contributed by atoms with van der Waals surface area (Å²) < 4.78 is 0. The Kier molecular flexibility index (Phi) is 4.35. The van der Waals surface area contributed by atoms with Crippen LogP contribution >= 0.6 is 22.9 Å². The van der Waals surface area contributed by atoms with E-state index in [1.54, 1.807) is 35.6 Å². The maximum Gasteiger partial charge on any atom is 0.271 e. The number of nitrogens with zero attached hydrogens (tertiary/aromatic N) is 1. The normalized spacial score (nSPS) is 11.4. The summed E-state index contributed by atoms with van der Waals surface area (Å²) in [5.41, 5.74) is 3.81. The van der Waals surface area contributed by atoms with Crippen LogP contribution in [0.15, 0.2) is 41.5 Å². The fourth-order valence-corrected chi connectivity index (χ4v) is 2.52. The van der Waals surface area contributed by atoms with Crippen LogP contribution in [0.5, 0.6) is 0 Å². The van der Waals surface area contributed by atoms with E-state index < -0.39 is 0 Å². The summed E-state index contributed by atoms with van der Waals surface area (Å²) in [5.74, 6) is -0.268. The number of hydrazone groups is 1. The third kappa shape index (κ3) is 3.66. The molecule has 0 atom stereocenters. The van der Waals surface area contributed by atoms with Gasteiger partial charge in [0.1, 0.15) is 0 Å². The van der Waals surface area contributed by atoms with Gasteiger partial charge in [-0.25, -0.2) is 5.43 Å². The number of benzene rings is 1. The van der Waals surface area contributed by atoms with E-state index in [0.717, 1.165) is 10.6 Å². The van der Waals surface area contributed by atoms with Crippen molar-refractivity contribution in [2.24, 2.45) is 5.10 Å². The zero-order chi connectivity index (χ0) is 13.8. The zero-order valence-corrected chi connectivity index (χ0v) is 12.2. The van der Waals surface area contributed by atoms with Gasteiger partial charge in [-0.3, -0.25) is 4.79 Å². The van der Waals surface area contributed by atoms with Crippen molar-refractivity contribution >= 4 is 34.6 Å². The Bertz CT molecular complexity index is 634. The number of rotatable bonds is 3. The minimum atomic E-state index is -0.268. The predicted molar refractivity (Wildman–Crippen MR) is 80.2 cm³/mol. The average molecular weight is 293 g/mol. The predicted octanol–water partition coefficient (Wildman–Crippen LogP) is 3.86. The fraction of sp³-hybridized carbons (Fsp3) is 0.143. The molecule has 0 radical (unpaired) electrons. The molecule has 0 saturated heterocycles. The molecule has 19 heavy (non-hydrogen) atoms. The number of amides is 1. The number of nitrogens with one attached hydrogen (secondary N) is 1. The number of carbonyl (C=O) groups excluding carboxylic acids is 1. The highest BCUT2D eigenvalue weighted by Gasteiger charge is 2.06. The first-order valence-corrected chi connectivity index (χ1v) is 6.93. The van der Waals surface area contributed by atoms with Crippen molar-refractivity contribution in [2.75, 3.05) is 0 Å². The van der Waals surface area contributed by atoms with Gasteiger partial charge in [-0.05, 0) is 44.2 Å². The van der Waals surface area contributed by atoms with Crippen molar-refractivity contribution in [3.63, 3.8) is 0 Å². The number of halogens is 1. The third-order valence-electron chi connectivity index (χ3n) is 2.51. The maximum absolute atomic E-state index is 11.9. The molecule has 1 aromatic carbocycles. The molecular weight excluding hydrogens is 280 g/mol. The molecule has 98 valence electrons. The lowest BCUT2D eigenvalue weighted by Gasteiger charge is -2.01. The number of carbonyl (C=O) groups is 1. The third-order valence-corrected chi connectivity index (χ3v) is 3.85. The van der Waals surface area contributed by atoms with Crippen LogP contribution < -0.4 is 5.43 Å². The topological polar surface area (TPSA) is 41.5 Å². The lowest BCUT2D eigenvalue weighted by atomic mass is 10.2. The Hall–Kier alpha value is -1.65. The largest absolute Gasteiger partial charge is 0.271 e. The molecule has 0 unspecified atom stereocenters. The Labute approximate surface area is 120 Å². The van der Waals surface area contributed by atoms with Gasteiger partial charge in [0.25, 0.3) is 5.91 Å². The summed E-state index contributed by atoms with van der Waals surface area (Å²) in [6.45, 7) is 3.90. The molecule has 1 N–H and O–H groups in total. The molecular formula is C14H13ClN2OS. The molecule has 0 aliphatic carbocycles. The Morgan fingerprint density at radius 2 is 2.11 bits per heavy atom. The second-order valence-electron chi connectivity index (χ2n) is 4.06. The van der Waals surface area contributed by atoms with Gasteiger partial charge in [-0.2, -0.15) is 5.10 Å². The highest BCUT2D eigenvalue weighted by molar-refractivity contribution is 7.14. The lowest BCUT2D eigenvalue weighted by molar-refractivity contribution is 0.0955. The Morgan fingerprint density at radius 1 is 1.32 bits per heavy atom. The Balaban J connectivity index is 2.07. The number of hydrogen-bond acceptors (Lipinski definition) is 3. The van der Waals surface area contributed by atoms with Gasteiger partial charge in [-0.1, -0.05) is 17.7 Å². The summed E-state index contributed by atoms with van der Waals surface area (Å²) in [6, 6.07) is 10.8. The fourth-order valence-electron chi connectivity index (χ4n) is 1.51. The van der Waals surface area contributed by atoms with Crippen molar-refractivity contribution < 1.29 is 4.79 Å². The lowest BCUT2D eigenvalue weighted by Crippen LogP contribution is -2.19. The molecule has 0 fully saturated rings. The summed E-state index contributed by atoms with van der Waals surface area (Å²) in [7, 11) is 0. The van der Waals surface area contributed by atoms with Crippen molar-refractivity contribution in [1.82, 2.24) is 5.43 Å². The quantitative estimate of drug-likeness (QED) is 0.677. The molecule has 5 heteroatoms. The summed E-state index contributed by atoms with van der Waals surface area (Å²) in [5, 5.41) is 4.63. The number of hydrogen-bond donors (Lipinski definition) is 1. The molecule has 0 aliphatic rings. The van der Waals surface area contributed by atoms with Gasteiger partial charge in [-0.15, -0.1) is 11.3 Å². The summed E-state index contributed by atoms with van der Waals surface area (Å²) in [6.07, 6.45) is 0. The molecule has 1 aromatic heterocycles. The summed E-state index contributed by atoms with van der Waals surface area (Å²) >= 11 is 7.48. The molecule has 0 bridgehead atoms. The van der Waals surface area contributed by atoms with E-state index in [4.69, 9.17) is 11.6 Å². The van der Waals surface area contributed by atoms with Crippen LogP contribution in [0.1, 0.15) is 27.0 Å². The SMILES string of the molecule is CC(=NNC(=O)c1cccc(Cl)c1)c1ccc(C)s1. The first kappa shape index (κ1) is 13.8. The first-order valence-electron chi connectivity index (χ1n) is 5.73. The first-order chi connectivity index (χ1) is 9.06. The van der Waals surface area contributed by atoms with Crippen LogP contribution in [-0.4, -0.2) is 11.6 Å². The van der Waals surface area contributed by atoms with E-state index in [9.17, 15) is 4.79 Å². The highest BCUT2D eigenvalue weighted by atomic mass is 35.5. The minimum Gasteiger partial charge on any atom is -0.267 e. The van der Waals surface area contributed by atoms with Crippen LogP contribution in [0.4, 0.5) is 0 Å². The standard InChI is InChI=1S/C14H13ClN2OS/c1-9-6-7-13(19-9)10(2)16-17-14(18)11-4-3-5-12(15)8-11/h3-8H,1-2H3,(H,17,18). The van der Waals surface area contributed by atoms with Crippen LogP contribution in [0.2, 0.25) is 5.02 Å². The maximum atomic E-state index is 11.9. The van der Waals surface area contributed by atoms with Gasteiger partial charge in [0.05, 0.1) is 10.6 Å². The van der Waals surface area contributed by atoms with E-state index in [0.29, 0.717) is 10.6 Å². The van der Waals surface area contributed by atoms with E-state index in [-0.39, 0.29) is 5.91 Å². The Morgan fingerprint density at radius 3 is 2.74 bits per heavy atom. The average Bonchev–Trinajstić information content (AvgIpc) is 2.82. The molecule has 0 spiro atoms. The molecule has 2 rings (SSSR count). The van der Waals surface area contributed by atoms with E-state index >= 15 is 0 Å².